The first-order chi connectivity index (χ1) is 9.13. The van der Waals surface area contributed by atoms with Gasteiger partial charge in [0.05, 0.1) is 0 Å². The molecule has 1 atom stereocenters. The van der Waals surface area contributed by atoms with E-state index in [2.05, 4.69) is 17.0 Å². The Labute approximate surface area is 112 Å². The number of nitrogens with zero attached hydrogens (tertiary/aromatic N) is 2. The van der Waals surface area contributed by atoms with Crippen LogP contribution in [-0.4, -0.2) is 29.0 Å². The smallest absolute Gasteiger partial charge is 0.170 e. The Bertz CT molecular complexity index is 476. The molecule has 0 aliphatic carbocycles. The lowest BCUT2D eigenvalue weighted by Crippen LogP contribution is -2.21. The maximum Gasteiger partial charge on any atom is 0.170 e. The molecule has 0 bridgehead atoms. The number of hydrogen-bond donors (Lipinski definition) is 2. The van der Waals surface area contributed by atoms with Crippen molar-refractivity contribution in [2.75, 3.05) is 13.1 Å². The highest BCUT2D eigenvalue weighted by molar-refractivity contribution is 5.97. The lowest BCUT2D eigenvalue weighted by molar-refractivity contribution is 0.310. The van der Waals surface area contributed by atoms with Crippen molar-refractivity contribution in [3.8, 4) is 0 Å². The summed E-state index contributed by atoms with van der Waals surface area (Å²) in [6.45, 7) is 4.89. The number of hydrogen-bond acceptors (Lipinski definition) is 3. The van der Waals surface area contributed by atoms with E-state index in [9.17, 15) is 4.39 Å². The lowest BCUT2D eigenvalue weighted by atomic mass is 10.1. The number of nitrogens with two attached hydrogens (primary N) is 1. The minimum atomic E-state index is -0.302. The maximum absolute atomic E-state index is 14.0. The number of rotatable bonds is 4. The number of likely N-dealkylation sites (tertiary alicyclic amines) is 1. The molecule has 5 heteroatoms. The minimum absolute atomic E-state index is 0.0716. The van der Waals surface area contributed by atoms with Gasteiger partial charge in [0.15, 0.2) is 5.84 Å². The normalized spacial score (nSPS) is 20.9. The van der Waals surface area contributed by atoms with E-state index in [4.69, 9.17) is 10.9 Å². The molecule has 2 rings (SSSR count). The molecule has 0 amide bonds. The van der Waals surface area contributed by atoms with E-state index < -0.39 is 0 Å². The summed E-state index contributed by atoms with van der Waals surface area (Å²) < 4.78 is 14.0. The van der Waals surface area contributed by atoms with Crippen LogP contribution in [0, 0.1) is 11.7 Å². The van der Waals surface area contributed by atoms with Gasteiger partial charge in [0.25, 0.3) is 0 Å². The van der Waals surface area contributed by atoms with E-state index in [1.54, 1.807) is 12.1 Å². The number of oxime groups is 1. The quantitative estimate of drug-likeness (QED) is 0.379. The first-order valence-electron chi connectivity index (χ1n) is 6.62. The van der Waals surface area contributed by atoms with E-state index in [0.717, 1.165) is 19.0 Å². The summed E-state index contributed by atoms with van der Waals surface area (Å²) >= 11 is 0. The number of halogens is 1. The van der Waals surface area contributed by atoms with Crippen LogP contribution in [-0.2, 0) is 6.54 Å². The average Bonchev–Trinajstić information content (AvgIpc) is 2.88. The second-order valence-electron chi connectivity index (χ2n) is 5.09. The minimum Gasteiger partial charge on any atom is -0.409 e. The van der Waals surface area contributed by atoms with E-state index in [-0.39, 0.29) is 11.7 Å². The molecule has 1 saturated heterocycles. The lowest BCUT2D eigenvalue weighted by Gasteiger charge is -2.16. The van der Waals surface area contributed by atoms with Crippen LogP contribution in [0.3, 0.4) is 0 Å². The number of benzene rings is 1. The largest absolute Gasteiger partial charge is 0.409 e. The molecule has 3 N–H and O–H groups in total. The molecular formula is C14H20FN3O. The van der Waals surface area contributed by atoms with Gasteiger partial charge in [-0.05, 0) is 24.9 Å². The SMILES string of the molecule is CCC1CCN(Cc2ccc(/C(N)=N/O)cc2F)C1. The van der Waals surface area contributed by atoms with Gasteiger partial charge in [-0.15, -0.1) is 0 Å². The summed E-state index contributed by atoms with van der Waals surface area (Å²) in [6, 6.07) is 4.71. The van der Waals surface area contributed by atoms with Crippen molar-refractivity contribution < 1.29 is 9.60 Å². The Balaban J connectivity index is 2.06. The van der Waals surface area contributed by atoms with E-state index in [1.165, 1.54) is 18.9 Å². The third-order valence-electron chi connectivity index (χ3n) is 3.80. The zero-order chi connectivity index (χ0) is 13.8. The first-order valence-corrected chi connectivity index (χ1v) is 6.62. The standard InChI is InChI=1S/C14H20FN3O/c1-2-10-5-6-18(8-10)9-12-4-3-11(7-13(12)15)14(16)17-19/h3-4,7,10,19H,2,5-6,8-9H2,1H3,(H2,16,17). The van der Waals surface area contributed by atoms with Crippen LogP contribution in [0.15, 0.2) is 23.4 Å². The van der Waals surface area contributed by atoms with E-state index in [1.807, 2.05) is 0 Å². The average molecular weight is 265 g/mol. The van der Waals surface area contributed by atoms with Crippen molar-refractivity contribution >= 4 is 5.84 Å². The zero-order valence-corrected chi connectivity index (χ0v) is 11.1. The van der Waals surface area contributed by atoms with Crippen molar-refractivity contribution in [1.82, 2.24) is 4.90 Å². The second kappa shape index (κ2) is 6.02. The summed E-state index contributed by atoms with van der Waals surface area (Å²) in [4.78, 5) is 2.27. The highest BCUT2D eigenvalue weighted by atomic mass is 19.1. The predicted octanol–water partition coefficient (Wildman–Crippen LogP) is 2.15. The highest BCUT2D eigenvalue weighted by Gasteiger charge is 2.21. The Morgan fingerprint density at radius 1 is 1.58 bits per heavy atom. The summed E-state index contributed by atoms with van der Waals surface area (Å²) in [7, 11) is 0. The molecule has 4 nitrogen and oxygen atoms in total. The van der Waals surface area contributed by atoms with Gasteiger partial charge in [-0.2, -0.15) is 0 Å². The molecular weight excluding hydrogens is 245 g/mol. The Hall–Kier alpha value is -1.62. The van der Waals surface area contributed by atoms with Crippen molar-refractivity contribution in [2.45, 2.75) is 26.3 Å². The molecule has 1 fully saturated rings. The van der Waals surface area contributed by atoms with Gasteiger partial charge < -0.3 is 10.9 Å². The maximum atomic E-state index is 14.0. The van der Waals surface area contributed by atoms with Gasteiger partial charge in [-0.25, -0.2) is 4.39 Å². The third kappa shape index (κ3) is 3.23. The molecule has 1 unspecified atom stereocenters. The summed E-state index contributed by atoms with van der Waals surface area (Å²) in [5, 5.41) is 11.4. The van der Waals surface area contributed by atoms with Gasteiger partial charge in [0.2, 0.25) is 0 Å². The van der Waals surface area contributed by atoms with Crippen molar-refractivity contribution in [3.05, 3.63) is 35.1 Å². The summed E-state index contributed by atoms with van der Waals surface area (Å²) in [5.41, 5.74) is 6.49. The number of amidine groups is 1. The second-order valence-corrected chi connectivity index (χ2v) is 5.09. The molecule has 1 aliphatic heterocycles. The van der Waals surface area contributed by atoms with Gasteiger partial charge in [0.1, 0.15) is 5.82 Å². The Kier molecular flexibility index (Phi) is 4.37. The third-order valence-corrected chi connectivity index (χ3v) is 3.80. The van der Waals surface area contributed by atoms with E-state index in [0.29, 0.717) is 17.7 Å². The zero-order valence-electron chi connectivity index (χ0n) is 11.1. The monoisotopic (exact) mass is 265 g/mol. The van der Waals surface area contributed by atoms with E-state index >= 15 is 0 Å². The van der Waals surface area contributed by atoms with Crippen LogP contribution in [0.25, 0.3) is 0 Å². The van der Waals surface area contributed by atoms with Gasteiger partial charge in [-0.1, -0.05) is 30.6 Å². The van der Waals surface area contributed by atoms with Crippen LogP contribution < -0.4 is 5.73 Å². The first kappa shape index (κ1) is 13.8. The van der Waals surface area contributed by atoms with Crippen LogP contribution in [0.2, 0.25) is 0 Å². The fourth-order valence-corrected chi connectivity index (χ4v) is 2.52. The molecule has 1 heterocycles. The molecule has 104 valence electrons. The Morgan fingerprint density at radius 2 is 2.37 bits per heavy atom. The molecule has 1 aromatic rings. The van der Waals surface area contributed by atoms with Crippen molar-refractivity contribution in [2.24, 2.45) is 16.8 Å². The molecule has 19 heavy (non-hydrogen) atoms. The van der Waals surface area contributed by atoms with Crippen LogP contribution >= 0.6 is 0 Å². The Morgan fingerprint density at radius 3 is 2.95 bits per heavy atom. The molecule has 0 aromatic heterocycles. The summed E-state index contributed by atoms with van der Waals surface area (Å²) in [5.74, 6) is 0.362. The molecule has 0 saturated carbocycles. The summed E-state index contributed by atoms with van der Waals surface area (Å²) in [6.07, 6.45) is 2.38. The topological polar surface area (TPSA) is 61.8 Å². The van der Waals surface area contributed by atoms with Crippen molar-refractivity contribution in [3.63, 3.8) is 0 Å². The van der Waals surface area contributed by atoms with Crippen LogP contribution in [0.1, 0.15) is 30.9 Å². The fraction of sp³-hybridized carbons (Fsp3) is 0.500. The molecule has 1 aliphatic rings. The van der Waals surface area contributed by atoms with Gasteiger partial charge >= 0.3 is 0 Å². The van der Waals surface area contributed by atoms with Crippen molar-refractivity contribution in [1.29, 1.82) is 0 Å². The molecule has 1 aromatic carbocycles. The highest BCUT2D eigenvalue weighted by Crippen LogP contribution is 2.22. The fourth-order valence-electron chi connectivity index (χ4n) is 2.52. The molecule has 0 radical (unpaired) electrons. The molecule has 0 spiro atoms. The van der Waals surface area contributed by atoms with Crippen LogP contribution in [0.4, 0.5) is 4.39 Å². The predicted molar refractivity (Wildman–Crippen MR) is 72.6 cm³/mol. The van der Waals surface area contributed by atoms with Gasteiger partial charge in [-0.3, -0.25) is 4.90 Å². The van der Waals surface area contributed by atoms with Gasteiger partial charge in [0, 0.05) is 24.2 Å². The van der Waals surface area contributed by atoms with Crippen LogP contribution in [0.5, 0.6) is 0 Å².